The van der Waals surface area contributed by atoms with Crippen LogP contribution in [0, 0.1) is 12.8 Å². The number of aliphatic hydroxyl groups excluding tert-OH is 1. The summed E-state index contributed by atoms with van der Waals surface area (Å²) in [5, 5.41) is 12.8. The monoisotopic (exact) mass is 283 g/mol. The van der Waals surface area contributed by atoms with Gasteiger partial charge in [0, 0.05) is 12.6 Å². The molecule has 0 heterocycles. The van der Waals surface area contributed by atoms with Crippen LogP contribution in [0.4, 0.5) is 0 Å². The maximum Gasteiger partial charge on any atom is 0.0681 e. The van der Waals surface area contributed by atoms with Crippen molar-refractivity contribution in [2.75, 3.05) is 0 Å². The van der Waals surface area contributed by atoms with E-state index < -0.39 is 0 Å². The zero-order valence-electron chi connectivity index (χ0n) is 13.1. The Morgan fingerprint density at radius 2 is 1.57 bits per heavy atom. The molecule has 0 saturated carbocycles. The van der Waals surface area contributed by atoms with Crippen LogP contribution in [0.5, 0.6) is 0 Å². The molecule has 0 aliphatic heterocycles. The van der Waals surface area contributed by atoms with Crippen molar-refractivity contribution in [1.29, 1.82) is 0 Å². The minimum absolute atomic E-state index is 0.103. The van der Waals surface area contributed by atoms with Crippen molar-refractivity contribution in [2.45, 2.75) is 40.0 Å². The molecular weight excluding hydrogens is 258 g/mol. The Kier molecular flexibility index (Phi) is 5.54. The van der Waals surface area contributed by atoms with Gasteiger partial charge in [-0.15, -0.1) is 0 Å². The number of hydrogen-bond acceptors (Lipinski definition) is 2. The van der Waals surface area contributed by atoms with Gasteiger partial charge in [-0.2, -0.15) is 0 Å². The molecule has 1 atom stereocenters. The van der Waals surface area contributed by atoms with Gasteiger partial charge in [0.1, 0.15) is 0 Å². The van der Waals surface area contributed by atoms with Crippen molar-refractivity contribution in [3.8, 4) is 0 Å². The first-order valence-corrected chi connectivity index (χ1v) is 7.59. The average Bonchev–Trinajstić information content (AvgIpc) is 2.49. The molecule has 2 rings (SSSR count). The summed E-state index contributed by atoms with van der Waals surface area (Å²) >= 11 is 0. The molecule has 0 aliphatic rings. The molecule has 0 radical (unpaired) electrons. The molecule has 112 valence electrons. The quantitative estimate of drug-likeness (QED) is 0.840. The Balaban J connectivity index is 2.08. The number of hydrogen-bond donors (Lipinski definition) is 2. The van der Waals surface area contributed by atoms with Gasteiger partial charge in [0.15, 0.2) is 0 Å². The number of nitrogens with one attached hydrogen (secondary N) is 1. The molecule has 0 aliphatic carbocycles. The van der Waals surface area contributed by atoms with Gasteiger partial charge in [0.2, 0.25) is 0 Å². The highest BCUT2D eigenvalue weighted by Crippen LogP contribution is 2.25. The maximum atomic E-state index is 9.08. The molecule has 2 N–H and O–H groups in total. The lowest BCUT2D eigenvalue weighted by atomic mass is 9.92. The molecule has 1 unspecified atom stereocenters. The third-order valence-corrected chi connectivity index (χ3v) is 3.92. The molecule has 0 fully saturated rings. The number of benzene rings is 2. The summed E-state index contributed by atoms with van der Waals surface area (Å²) in [6.07, 6.45) is 0. The van der Waals surface area contributed by atoms with Crippen LogP contribution in [-0.4, -0.2) is 5.11 Å². The van der Waals surface area contributed by atoms with Crippen LogP contribution in [0.1, 0.15) is 42.1 Å². The van der Waals surface area contributed by atoms with Crippen molar-refractivity contribution >= 4 is 0 Å². The summed E-state index contributed by atoms with van der Waals surface area (Å²) < 4.78 is 0. The fourth-order valence-electron chi connectivity index (χ4n) is 2.63. The van der Waals surface area contributed by atoms with Crippen molar-refractivity contribution in [2.24, 2.45) is 5.92 Å². The normalized spacial score (nSPS) is 12.6. The predicted molar refractivity (Wildman–Crippen MR) is 88.0 cm³/mol. The molecule has 2 nitrogen and oxygen atoms in total. The fourth-order valence-corrected chi connectivity index (χ4v) is 2.63. The van der Waals surface area contributed by atoms with Crippen LogP contribution >= 0.6 is 0 Å². The first kappa shape index (κ1) is 15.7. The second-order valence-corrected chi connectivity index (χ2v) is 5.93. The first-order valence-electron chi connectivity index (χ1n) is 7.59. The maximum absolute atomic E-state index is 9.08. The Labute approximate surface area is 127 Å². The summed E-state index contributed by atoms with van der Waals surface area (Å²) in [6.45, 7) is 7.61. The summed E-state index contributed by atoms with van der Waals surface area (Å²) in [5.74, 6) is 0.530. The van der Waals surface area contributed by atoms with E-state index in [4.69, 9.17) is 5.11 Å². The Hall–Kier alpha value is -1.64. The highest BCUT2D eigenvalue weighted by atomic mass is 16.3. The molecule has 21 heavy (non-hydrogen) atoms. The standard InChI is InChI=1S/C19H25NO/c1-14(2)19(18-7-5-4-6-15(18)3)20-12-16-8-10-17(13-21)11-9-16/h4-11,14,19-21H,12-13H2,1-3H3. The summed E-state index contributed by atoms with van der Waals surface area (Å²) in [7, 11) is 0. The molecule has 0 bridgehead atoms. The molecule has 0 amide bonds. The van der Waals surface area contributed by atoms with Gasteiger partial charge in [-0.25, -0.2) is 0 Å². The van der Waals surface area contributed by atoms with Gasteiger partial charge < -0.3 is 10.4 Å². The van der Waals surface area contributed by atoms with E-state index in [-0.39, 0.29) is 6.61 Å². The van der Waals surface area contributed by atoms with E-state index in [1.165, 1.54) is 16.7 Å². The highest BCUT2D eigenvalue weighted by molar-refractivity contribution is 5.29. The van der Waals surface area contributed by atoms with Crippen molar-refractivity contribution in [3.05, 3.63) is 70.8 Å². The predicted octanol–water partition coefficient (Wildman–Crippen LogP) is 3.97. The van der Waals surface area contributed by atoms with E-state index >= 15 is 0 Å². The van der Waals surface area contributed by atoms with E-state index in [9.17, 15) is 0 Å². The fraction of sp³-hybridized carbons (Fsp3) is 0.368. The zero-order chi connectivity index (χ0) is 15.2. The van der Waals surface area contributed by atoms with Crippen LogP contribution in [-0.2, 0) is 13.2 Å². The van der Waals surface area contributed by atoms with Crippen LogP contribution in [0.15, 0.2) is 48.5 Å². The van der Waals surface area contributed by atoms with Gasteiger partial charge in [0.25, 0.3) is 0 Å². The summed E-state index contributed by atoms with van der Waals surface area (Å²) in [5.41, 5.74) is 4.91. The molecule has 0 saturated heterocycles. The van der Waals surface area contributed by atoms with E-state index in [0.717, 1.165) is 12.1 Å². The van der Waals surface area contributed by atoms with E-state index in [1.807, 2.05) is 12.1 Å². The van der Waals surface area contributed by atoms with Crippen molar-refractivity contribution in [3.63, 3.8) is 0 Å². The van der Waals surface area contributed by atoms with E-state index in [1.54, 1.807) is 0 Å². The van der Waals surface area contributed by atoms with Crippen LogP contribution in [0.25, 0.3) is 0 Å². The van der Waals surface area contributed by atoms with Gasteiger partial charge in [-0.1, -0.05) is 62.4 Å². The second kappa shape index (κ2) is 7.39. The van der Waals surface area contributed by atoms with Gasteiger partial charge in [0.05, 0.1) is 6.61 Å². The molecule has 0 aromatic heterocycles. The van der Waals surface area contributed by atoms with Crippen molar-refractivity contribution in [1.82, 2.24) is 5.32 Å². The minimum atomic E-state index is 0.103. The Morgan fingerprint density at radius 1 is 0.952 bits per heavy atom. The third-order valence-electron chi connectivity index (χ3n) is 3.92. The highest BCUT2D eigenvalue weighted by Gasteiger charge is 2.16. The third kappa shape index (κ3) is 4.16. The minimum Gasteiger partial charge on any atom is -0.392 e. The van der Waals surface area contributed by atoms with E-state index in [0.29, 0.717) is 12.0 Å². The molecule has 2 aromatic rings. The number of aryl methyl sites for hydroxylation is 1. The SMILES string of the molecule is Cc1ccccc1C(NCc1ccc(CO)cc1)C(C)C. The lowest BCUT2D eigenvalue weighted by molar-refractivity contribution is 0.282. The van der Waals surface area contributed by atoms with Crippen LogP contribution < -0.4 is 5.32 Å². The van der Waals surface area contributed by atoms with E-state index in [2.05, 4.69) is 62.5 Å². The Bertz CT molecular complexity index is 560. The van der Waals surface area contributed by atoms with Crippen molar-refractivity contribution < 1.29 is 5.11 Å². The number of rotatable bonds is 6. The smallest absolute Gasteiger partial charge is 0.0681 e. The second-order valence-electron chi connectivity index (χ2n) is 5.93. The average molecular weight is 283 g/mol. The molecule has 2 aromatic carbocycles. The summed E-state index contributed by atoms with van der Waals surface area (Å²) in [6, 6.07) is 17.0. The van der Waals surface area contributed by atoms with Gasteiger partial charge in [-0.3, -0.25) is 0 Å². The van der Waals surface area contributed by atoms with Gasteiger partial charge in [-0.05, 0) is 35.1 Å². The topological polar surface area (TPSA) is 32.3 Å². The molecule has 0 spiro atoms. The zero-order valence-corrected chi connectivity index (χ0v) is 13.1. The lowest BCUT2D eigenvalue weighted by Gasteiger charge is -2.25. The van der Waals surface area contributed by atoms with Crippen LogP contribution in [0.3, 0.4) is 0 Å². The van der Waals surface area contributed by atoms with Crippen LogP contribution in [0.2, 0.25) is 0 Å². The first-order chi connectivity index (χ1) is 10.1. The largest absolute Gasteiger partial charge is 0.392 e. The lowest BCUT2D eigenvalue weighted by Crippen LogP contribution is -2.26. The summed E-state index contributed by atoms with van der Waals surface area (Å²) in [4.78, 5) is 0. The van der Waals surface area contributed by atoms with Gasteiger partial charge >= 0.3 is 0 Å². The molecular formula is C19H25NO. The number of aliphatic hydroxyl groups is 1. The molecule has 2 heteroatoms. The Morgan fingerprint density at radius 3 is 2.14 bits per heavy atom.